The van der Waals surface area contributed by atoms with Crippen molar-refractivity contribution in [2.75, 3.05) is 39.5 Å². The standard InChI is InChI=1S/C8H16N2O5/c9-5-7(11)14-3-1-13-2-4-15-8(12)6-10/h1-6,9-10H2/p+2. The van der Waals surface area contributed by atoms with Crippen molar-refractivity contribution in [3.8, 4) is 0 Å². The van der Waals surface area contributed by atoms with Crippen LogP contribution in [-0.4, -0.2) is 51.5 Å². The zero-order chi connectivity index (χ0) is 11.5. The fourth-order valence-electron chi connectivity index (χ4n) is 0.675. The van der Waals surface area contributed by atoms with E-state index in [0.717, 1.165) is 0 Å². The third-order valence-electron chi connectivity index (χ3n) is 1.39. The number of esters is 2. The molecule has 0 aliphatic rings. The second kappa shape index (κ2) is 9.38. The Morgan fingerprint density at radius 3 is 1.53 bits per heavy atom. The molecule has 0 aromatic rings. The molecule has 0 aliphatic carbocycles. The van der Waals surface area contributed by atoms with Crippen molar-refractivity contribution >= 4 is 11.9 Å². The molecule has 0 heterocycles. The van der Waals surface area contributed by atoms with Crippen LogP contribution >= 0.6 is 0 Å². The summed E-state index contributed by atoms with van der Waals surface area (Å²) in [5, 5.41) is 0. The van der Waals surface area contributed by atoms with Crippen molar-refractivity contribution in [1.29, 1.82) is 0 Å². The second-order valence-corrected chi connectivity index (χ2v) is 2.55. The van der Waals surface area contributed by atoms with E-state index in [1.54, 1.807) is 0 Å². The minimum atomic E-state index is -0.359. The number of hydrogen-bond donors (Lipinski definition) is 2. The van der Waals surface area contributed by atoms with Gasteiger partial charge in [-0.2, -0.15) is 0 Å². The van der Waals surface area contributed by atoms with Crippen molar-refractivity contribution in [3.05, 3.63) is 0 Å². The number of quaternary nitrogens is 2. The van der Waals surface area contributed by atoms with E-state index in [2.05, 4.69) is 11.5 Å². The summed E-state index contributed by atoms with van der Waals surface area (Å²) in [5.74, 6) is -0.718. The maximum atomic E-state index is 10.6. The van der Waals surface area contributed by atoms with Crippen molar-refractivity contribution < 1.29 is 35.3 Å². The summed E-state index contributed by atoms with van der Waals surface area (Å²) in [7, 11) is 0. The molecule has 0 aromatic heterocycles. The van der Waals surface area contributed by atoms with Crippen LogP contribution in [0.5, 0.6) is 0 Å². The molecule has 7 nitrogen and oxygen atoms in total. The van der Waals surface area contributed by atoms with Gasteiger partial charge in [-0.1, -0.05) is 0 Å². The molecule has 0 saturated heterocycles. The molecule has 0 aromatic carbocycles. The Hall–Kier alpha value is -1.18. The van der Waals surface area contributed by atoms with E-state index in [1.165, 1.54) is 0 Å². The Bertz CT molecular complexity index is 177. The minimum Gasteiger partial charge on any atom is -0.459 e. The van der Waals surface area contributed by atoms with Gasteiger partial charge in [-0.15, -0.1) is 0 Å². The second-order valence-electron chi connectivity index (χ2n) is 2.55. The summed E-state index contributed by atoms with van der Waals surface area (Å²) in [5.41, 5.74) is 6.73. The highest BCUT2D eigenvalue weighted by Crippen LogP contribution is 1.81. The third-order valence-corrected chi connectivity index (χ3v) is 1.39. The highest BCUT2D eigenvalue weighted by molar-refractivity contribution is 5.70. The Balaban J connectivity index is 3.11. The van der Waals surface area contributed by atoms with Crippen molar-refractivity contribution in [2.45, 2.75) is 0 Å². The van der Waals surface area contributed by atoms with Gasteiger partial charge in [-0.3, -0.25) is 0 Å². The first-order valence-corrected chi connectivity index (χ1v) is 4.68. The van der Waals surface area contributed by atoms with E-state index in [-0.39, 0.29) is 51.5 Å². The molecule has 0 spiro atoms. The maximum Gasteiger partial charge on any atom is 0.361 e. The lowest BCUT2D eigenvalue weighted by Crippen LogP contribution is -2.54. The van der Waals surface area contributed by atoms with Gasteiger partial charge in [0.1, 0.15) is 13.2 Å². The Morgan fingerprint density at radius 1 is 0.800 bits per heavy atom. The Kier molecular flexibility index (Phi) is 8.64. The van der Waals surface area contributed by atoms with Crippen LogP contribution in [-0.2, 0) is 23.8 Å². The summed E-state index contributed by atoms with van der Waals surface area (Å²) >= 11 is 0. The monoisotopic (exact) mass is 222 g/mol. The van der Waals surface area contributed by atoms with Gasteiger partial charge in [0.25, 0.3) is 0 Å². The van der Waals surface area contributed by atoms with Crippen LogP contribution in [0.15, 0.2) is 0 Å². The quantitative estimate of drug-likeness (QED) is 0.327. The van der Waals surface area contributed by atoms with Gasteiger partial charge in [0, 0.05) is 0 Å². The fourth-order valence-corrected chi connectivity index (χ4v) is 0.675. The highest BCUT2D eigenvalue weighted by Gasteiger charge is 2.01. The van der Waals surface area contributed by atoms with Crippen LogP contribution in [0.25, 0.3) is 0 Å². The minimum absolute atomic E-state index is 0.112. The molecule has 0 aliphatic heterocycles. The summed E-state index contributed by atoms with van der Waals surface area (Å²) in [4.78, 5) is 21.2. The van der Waals surface area contributed by atoms with Gasteiger partial charge < -0.3 is 25.7 Å². The summed E-state index contributed by atoms with van der Waals surface area (Å²) in [6.45, 7) is 1.18. The SMILES string of the molecule is [NH3+]CC(=O)OCCOCCOC(=O)C[NH3+]. The fraction of sp³-hybridized carbons (Fsp3) is 0.750. The smallest absolute Gasteiger partial charge is 0.361 e. The summed E-state index contributed by atoms with van der Waals surface area (Å²) < 4.78 is 14.4. The molecule has 0 radical (unpaired) electrons. The zero-order valence-corrected chi connectivity index (χ0v) is 8.70. The van der Waals surface area contributed by atoms with Gasteiger partial charge in [-0.25, -0.2) is 9.59 Å². The molecule has 0 fully saturated rings. The van der Waals surface area contributed by atoms with Crippen molar-refractivity contribution in [3.63, 3.8) is 0 Å². The number of ether oxygens (including phenoxy) is 3. The van der Waals surface area contributed by atoms with Gasteiger partial charge in [-0.05, 0) is 0 Å². The number of carbonyl (C=O) groups excluding carboxylic acids is 2. The molecule has 7 heteroatoms. The van der Waals surface area contributed by atoms with Crippen LogP contribution in [0, 0.1) is 0 Å². The van der Waals surface area contributed by atoms with Crippen LogP contribution in [0.2, 0.25) is 0 Å². The topological polar surface area (TPSA) is 117 Å². The predicted octanol–water partition coefficient (Wildman–Crippen LogP) is -3.43. The first kappa shape index (κ1) is 13.8. The molecule has 0 amide bonds. The number of rotatable bonds is 8. The molecular weight excluding hydrogens is 204 g/mol. The summed E-state index contributed by atoms with van der Waals surface area (Å²) in [6.07, 6.45) is 0. The Morgan fingerprint density at radius 2 is 1.20 bits per heavy atom. The number of carbonyl (C=O) groups is 2. The Labute approximate surface area is 87.6 Å². The third kappa shape index (κ3) is 9.13. The van der Waals surface area contributed by atoms with E-state index in [9.17, 15) is 9.59 Å². The lowest BCUT2D eigenvalue weighted by atomic mass is 10.6. The highest BCUT2D eigenvalue weighted by atomic mass is 16.6. The predicted molar refractivity (Wildman–Crippen MR) is 48.2 cm³/mol. The van der Waals surface area contributed by atoms with Crippen molar-refractivity contribution in [1.82, 2.24) is 0 Å². The normalized spacial score (nSPS) is 9.73. The van der Waals surface area contributed by atoms with Crippen LogP contribution < -0.4 is 11.5 Å². The van der Waals surface area contributed by atoms with Gasteiger partial charge >= 0.3 is 11.9 Å². The lowest BCUT2D eigenvalue weighted by molar-refractivity contribution is -0.359. The molecule has 0 atom stereocenters. The average Bonchev–Trinajstić information content (AvgIpc) is 2.26. The average molecular weight is 222 g/mol. The van der Waals surface area contributed by atoms with E-state index in [0.29, 0.717) is 0 Å². The molecule has 15 heavy (non-hydrogen) atoms. The van der Waals surface area contributed by atoms with Gasteiger partial charge in [0.2, 0.25) is 0 Å². The molecule has 0 saturated carbocycles. The largest absolute Gasteiger partial charge is 0.459 e. The van der Waals surface area contributed by atoms with Gasteiger partial charge in [0.15, 0.2) is 13.1 Å². The van der Waals surface area contributed by atoms with E-state index >= 15 is 0 Å². The molecule has 0 bridgehead atoms. The van der Waals surface area contributed by atoms with Gasteiger partial charge in [0.05, 0.1) is 13.2 Å². The van der Waals surface area contributed by atoms with Crippen LogP contribution in [0.1, 0.15) is 0 Å². The first-order valence-electron chi connectivity index (χ1n) is 4.68. The molecule has 0 rings (SSSR count). The van der Waals surface area contributed by atoms with Crippen molar-refractivity contribution in [2.24, 2.45) is 0 Å². The van der Waals surface area contributed by atoms with Crippen LogP contribution in [0.4, 0.5) is 0 Å². The molecule has 0 unspecified atom stereocenters. The van der Waals surface area contributed by atoms with E-state index in [1.807, 2.05) is 0 Å². The zero-order valence-electron chi connectivity index (χ0n) is 8.70. The van der Waals surface area contributed by atoms with E-state index < -0.39 is 0 Å². The molecule has 88 valence electrons. The first-order chi connectivity index (χ1) is 7.20. The summed E-state index contributed by atoms with van der Waals surface area (Å²) in [6, 6.07) is 0. The van der Waals surface area contributed by atoms with E-state index in [4.69, 9.17) is 14.2 Å². The maximum absolute atomic E-state index is 10.6. The lowest BCUT2D eigenvalue weighted by Gasteiger charge is -2.04. The molecular formula is C8H18N2O5+2. The molecule has 6 N–H and O–H groups in total. The number of hydrogen-bond acceptors (Lipinski definition) is 5. The van der Waals surface area contributed by atoms with Crippen LogP contribution in [0.3, 0.4) is 0 Å².